The van der Waals surface area contributed by atoms with Crippen LogP contribution >= 0.6 is 0 Å². The van der Waals surface area contributed by atoms with Gasteiger partial charge in [0, 0.05) is 6.04 Å². The van der Waals surface area contributed by atoms with Crippen molar-refractivity contribution in [2.45, 2.75) is 31.3 Å². The number of rotatable bonds is 2. The number of benzene rings is 1. The Morgan fingerprint density at radius 1 is 1.17 bits per heavy atom. The second kappa shape index (κ2) is 5.24. The topological polar surface area (TPSA) is 21.3 Å². The quantitative estimate of drug-likeness (QED) is 0.827. The van der Waals surface area contributed by atoms with E-state index in [1.165, 1.54) is 12.1 Å². The van der Waals surface area contributed by atoms with Crippen LogP contribution in [-0.2, 0) is 4.74 Å². The van der Waals surface area contributed by atoms with Crippen LogP contribution in [0.25, 0.3) is 0 Å². The molecule has 2 atom stereocenters. The third kappa shape index (κ3) is 3.68. The molecule has 0 bridgehead atoms. The lowest BCUT2D eigenvalue weighted by atomic mass is 9.95. The molecule has 1 saturated heterocycles. The van der Waals surface area contributed by atoms with Gasteiger partial charge in [-0.3, -0.25) is 4.74 Å². The van der Waals surface area contributed by atoms with Crippen LogP contribution in [0.1, 0.15) is 24.4 Å². The number of ether oxygens (including phenoxy) is 1. The van der Waals surface area contributed by atoms with Gasteiger partial charge in [0.15, 0.2) is 0 Å². The SMILES string of the molecule is Fc1ccc(C2CC(OC(F)(F)F)CCN2)cc1. The second-order valence-corrected chi connectivity index (χ2v) is 4.27. The average molecular weight is 263 g/mol. The third-order valence-corrected chi connectivity index (χ3v) is 2.93. The van der Waals surface area contributed by atoms with E-state index >= 15 is 0 Å². The number of hydrogen-bond acceptors (Lipinski definition) is 2. The summed E-state index contributed by atoms with van der Waals surface area (Å²) in [5.41, 5.74) is 0.770. The van der Waals surface area contributed by atoms with E-state index < -0.39 is 12.5 Å². The van der Waals surface area contributed by atoms with E-state index in [1.54, 1.807) is 12.1 Å². The van der Waals surface area contributed by atoms with Gasteiger partial charge in [0.25, 0.3) is 0 Å². The summed E-state index contributed by atoms with van der Waals surface area (Å²) in [6.45, 7) is 0.447. The molecule has 1 N–H and O–H groups in total. The van der Waals surface area contributed by atoms with E-state index in [0.29, 0.717) is 13.0 Å². The largest absolute Gasteiger partial charge is 0.522 e. The Bertz CT molecular complexity index is 390. The standard InChI is InChI=1S/C12H13F4NO/c13-9-3-1-8(2-4-9)11-7-10(5-6-17-11)18-12(14,15)16/h1-4,10-11,17H,5-7H2. The summed E-state index contributed by atoms with van der Waals surface area (Å²) in [4.78, 5) is 0. The van der Waals surface area contributed by atoms with Gasteiger partial charge in [-0.15, -0.1) is 13.2 Å². The first-order valence-corrected chi connectivity index (χ1v) is 5.67. The van der Waals surface area contributed by atoms with Crippen LogP contribution in [0.15, 0.2) is 24.3 Å². The Hall–Kier alpha value is -1.14. The Labute approximate surface area is 102 Å². The molecule has 0 aromatic heterocycles. The van der Waals surface area contributed by atoms with Crippen LogP contribution in [-0.4, -0.2) is 19.0 Å². The fraction of sp³-hybridized carbons (Fsp3) is 0.500. The number of nitrogens with one attached hydrogen (secondary N) is 1. The summed E-state index contributed by atoms with van der Waals surface area (Å²) in [7, 11) is 0. The van der Waals surface area contributed by atoms with Crippen molar-refractivity contribution < 1.29 is 22.3 Å². The first-order chi connectivity index (χ1) is 8.44. The lowest BCUT2D eigenvalue weighted by Gasteiger charge is -2.31. The number of alkyl halides is 3. The van der Waals surface area contributed by atoms with Gasteiger partial charge in [0.1, 0.15) is 5.82 Å². The molecule has 0 spiro atoms. The van der Waals surface area contributed by atoms with Gasteiger partial charge in [-0.1, -0.05) is 12.1 Å². The van der Waals surface area contributed by atoms with E-state index in [9.17, 15) is 17.6 Å². The van der Waals surface area contributed by atoms with E-state index in [4.69, 9.17) is 0 Å². The smallest absolute Gasteiger partial charge is 0.310 e. The molecule has 6 heteroatoms. The van der Waals surface area contributed by atoms with Gasteiger partial charge in [-0.05, 0) is 37.1 Å². The molecule has 100 valence electrons. The van der Waals surface area contributed by atoms with Gasteiger partial charge in [0.05, 0.1) is 6.10 Å². The zero-order valence-electron chi connectivity index (χ0n) is 9.51. The summed E-state index contributed by atoms with van der Waals surface area (Å²) in [5.74, 6) is -0.363. The maximum absolute atomic E-state index is 12.8. The van der Waals surface area contributed by atoms with Crippen LogP contribution < -0.4 is 5.32 Å². The fourth-order valence-corrected chi connectivity index (χ4v) is 2.13. The first-order valence-electron chi connectivity index (χ1n) is 5.67. The summed E-state index contributed by atoms with van der Waals surface area (Å²) in [5, 5.41) is 3.10. The molecule has 0 saturated carbocycles. The average Bonchev–Trinajstić information content (AvgIpc) is 2.28. The summed E-state index contributed by atoms with van der Waals surface area (Å²) >= 11 is 0. The molecular weight excluding hydrogens is 250 g/mol. The Balaban J connectivity index is 2.00. The third-order valence-electron chi connectivity index (χ3n) is 2.93. The number of piperidine rings is 1. The highest BCUT2D eigenvalue weighted by Crippen LogP contribution is 2.29. The zero-order valence-corrected chi connectivity index (χ0v) is 9.51. The van der Waals surface area contributed by atoms with E-state index in [2.05, 4.69) is 10.1 Å². The maximum Gasteiger partial charge on any atom is 0.522 e. The Morgan fingerprint density at radius 3 is 2.44 bits per heavy atom. The summed E-state index contributed by atoms with van der Waals surface area (Å²) in [6, 6.07) is 5.51. The molecule has 1 aromatic carbocycles. The Kier molecular flexibility index (Phi) is 3.87. The van der Waals surface area contributed by atoms with Crippen molar-refractivity contribution in [2.75, 3.05) is 6.54 Å². The molecule has 1 heterocycles. The Morgan fingerprint density at radius 2 is 1.83 bits per heavy atom. The monoisotopic (exact) mass is 263 g/mol. The lowest BCUT2D eigenvalue weighted by Crippen LogP contribution is -2.38. The van der Waals surface area contributed by atoms with Crippen molar-refractivity contribution in [1.29, 1.82) is 0 Å². The van der Waals surface area contributed by atoms with Crippen molar-refractivity contribution in [3.05, 3.63) is 35.6 Å². The second-order valence-electron chi connectivity index (χ2n) is 4.27. The molecule has 2 nitrogen and oxygen atoms in total. The van der Waals surface area contributed by atoms with Crippen LogP contribution in [0, 0.1) is 5.82 Å². The minimum absolute atomic E-state index is 0.227. The zero-order chi connectivity index (χ0) is 13.2. The predicted octanol–water partition coefficient (Wildman–Crippen LogP) is 3.16. The minimum Gasteiger partial charge on any atom is -0.310 e. The molecule has 2 unspecified atom stereocenters. The van der Waals surface area contributed by atoms with Gasteiger partial charge < -0.3 is 5.32 Å². The van der Waals surface area contributed by atoms with E-state index in [0.717, 1.165) is 5.56 Å². The molecule has 1 aliphatic heterocycles. The molecule has 1 aromatic rings. The normalized spacial score (nSPS) is 25.1. The molecule has 1 aliphatic rings. The molecule has 0 amide bonds. The molecule has 0 radical (unpaired) electrons. The number of halogens is 4. The molecule has 18 heavy (non-hydrogen) atoms. The molecule has 0 aliphatic carbocycles. The number of hydrogen-bond donors (Lipinski definition) is 1. The highest BCUT2D eigenvalue weighted by atomic mass is 19.4. The van der Waals surface area contributed by atoms with Crippen molar-refractivity contribution in [3.8, 4) is 0 Å². The maximum atomic E-state index is 12.8. The molecule has 2 rings (SSSR count). The summed E-state index contributed by atoms with van der Waals surface area (Å²) < 4.78 is 53.2. The van der Waals surface area contributed by atoms with Gasteiger partial charge in [-0.25, -0.2) is 4.39 Å². The molecule has 1 fully saturated rings. The van der Waals surface area contributed by atoms with Crippen molar-refractivity contribution in [1.82, 2.24) is 5.32 Å². The first kappa shape index (κ1) is 13.3. The molecular formula is C12H13F4NO. The van der Waals surface area contributed by atoms with Gasteiger partial charge >= 0.3 is 6.36 Å². The van der Waals surface area contributed by atoms with Crippen molar-refractivity contribution >= 4 is 0 Å². The fourth-order valence-electron chi connectivity index (χ4n) is 2.13. The van der Waals surface area contributed by atoms with Crippen molar-refractivity contribution in [2.24, 2.45) is 0 Å². The van der Waals surface area contributed by atoms with E-state index in [1.807, 2.05) is 0 Å². The van der Waals surface area contributed by atoms with Gasteiger partial charge in [0.2, 0.25) is 0 Å². The predicted molar refractivity (Wildman–Crippen MR) is 57.3 cm³/mol. The van der Waals surface area contributed by atoms with Gasteiger partial charge in [-0.2, -0.15) is 0 Å². The van der Waals surface area contributed by atoms with Crippen molar-refractivity contribution in [3.63, 3.8) is 0 Å². The van der Waals surface area contributed by atoms with Crippen LogP contribution in [0.4, 0.5) is 17.6 Å². The summed E-state index contributed by atoms with van der Waals surface area (Å²) in [6.07, 6.45) is -4.90. The van der Waals surface area contributed by atoms with Crippen LogP contribution in [0.3, 0.4) is 0 Å². The minimum atomic E-state index is -4.60. The highest BCUT2D eigenvalue weighted by Gasteiger charge is 2.35. The van der Waals surface area contributed by atoms with E-state index in [-0.39, 0.29) is 18.3 Å². The van der Waals surface area contributed by atoms with Crippen LogP contribution in [0.5, 0.6) is 0 Å². The van der Waals surface area contributed by atoms with Crippen LogP contribution in [0.2, 0.25) is 0 Å². The highest BCUT2D eigenvalue weighted by molar-refractivity contribution is 5.20. The lowest BCUT2D eigenvalue weighted by molar-refractivity contribution is -0.345.